The molecule has 0 fully saturated rings. The number of carbonyl (C=O) groups is 1. The second-order valence-electron chi connectivity index (χ2n) is 6.41. The largest absolute Gasteiger partial charge is 0.444 e. The van der Waals surface area contributed by atoms with Gasteiger partial charge < -0.3 is 20.3 Å². The number of hydrogen-bond donors (Lipinski definition) is 3. The van der Waals surface area contributed by atoms with Crippen molar-refractivity contribution in [1.29, 1.82) is 5.26 Å². The number of alkyl carbamates (subject to hydrolysis) is 1. The second-order valence-corrected chi connectivity index (χ2v) is 6.41. The van der Waals surface area contributed by atoms with Crippen molar-refractivity contribution in [3.05, 3.63) is 39.4 Å². The van der Waals surface area contributed by atoms with E-state index in [1.54, 1.807) is 26.8 Å². The Kier molecular flexibility index (Phi) is 6.85. The summed E-state index contributed by atoms with van der Waals surface area (Å²) >= 11 is 0. The highest BCUT2D eigenvalue weighted by molar-refractivity contribution is 5.67. The molecule has 2 unspecified atom stereocenters. The van der Waals surface area contributed by atoms with Crippen LogP contribution >= 0.6 is 0 Å². The molecule has 0 aliphatic carbocycles. The first-order valence-corrected chi connectivity index (χ1v) is 7.56. The third-order valence-electron chi connectivity index (χ3n) is 3.09. The van der Waals surface area contributed by atoms with Gasteiger partial charge >= 0.3 is 6.09 Å². The maximum atomic E-state index is 11.5. The van der Waals surface area contributed by atoms with E-state index in [1.165, 1.54) is 6.07 Å². The number of aliphatic hydroxyl groups excluding tert-OH is 2. The van der Waals surface area contributed by atoms with Crippen LogP contribution in [0.3, 0.4) is 0 Å². The summed E-state index contributed by atoms with van der Waals surface area (Å²) in [5.74, 6) is 0. The number of rotatable bonds is 6. The van der Waals surface area contributed by atoms with Gasteiger partial charge in [-0.1, -0.05) is 0 Å². The van der Waals surface area contributed by atoms with Crippen LogP contribution < -0.4 is 5.32 Å². The van der Waals surface area contributed by atoms with Crippen LogP contribution in [-0.2, 0) is 4.74 Å². The predicted octanol–water partition coefficient (Wildman–Crippen LogP) is 1.78. The van der Waals surface area contributed by atoms with Gasteiger partial charge in [-0.2, -0.15) is 5.26 Å². The Hall–Kier alpha value is -2.70. The summed E-state index contributed by atoms with van der Waals surface area (Å²) in [7, 11) is 0. The van der Waals surface area contributed by atoms with Crippen molar-refractivity contribution >= 4 is 11.8 Å². The second kappa shape index (κ2) is 8.41. The van der Waals surface area contributed by atoms with E-state index in [0.717, 1.165) is 12.1 Å². The molecular formula is C16H21N3O6. The summed E-state index contributed by atoms with van der Waals surface area (Å²) < 4.78 is 5.03. The molecule has 0 aliphatic heterocycles. The van der Waals surface area contributed by atoms with Gasteiger partial charge in [0.05, 0.1) is 22.7 Å². The summed E-state index contributed by atoms with van der Waals surface area (Å²) in [4.78, 5) is 21.7. The van der Waals surface area contributed by atoms with Crippen molar-refractivity contribution in [3.8, 4) is 6.07 Å². The van der Waals surface area contributed by atoms with Crippen LogP contribution in [0.5, 0.6) is 0 Å². The molecule has 0 spiro atoms. The maximum Gasteiger partial charge on any atom is 0.407 e. The molecule has 3 N–H and O–H groups in total. The van der Waals surface area contributed by atoms with Crippen molar-refractivity contribution in [1.82, 2.24) is 5.32 Å². The van der Waals surface area contributed by atoms with Crippen LogP contribution in [-0.4, -0.2) is 39.5 Å². The van der Waals surface area contributed by atoms with Gasteiger partial charge in [0.15, 0.2) is 0 Å². The fourth-order valence-electron chi connectivity index (χ4n) is 1.99. The van der Waals surface area contributed by atoms with Crippen LogP contribution in [0.25, 0.3) is 0 Å². The van der Waals surface area contributed by atoms with Crippen LogP contribution in [0.4, 0.5) is 10.5 Å². The number of nitrogens with zero attached hydrogens (tertiary/aromatic N) is 2. The lowest BCUT2D eigenvalue weighted by molar-refractivity contribution is -0.385. The highest BCUT2D eigenvalue weighted by Gasteiger charge is 2.22. The molecule has 2 atom stereocenters. The van der Waals surface area contributed by atoms with Crippen molar-refractivity contribution in [2.24, 2.45) is 0 Å². The van der Waals surface area contributed by atoms with E-state index in [9.17, 15) is 25.1 Å². The average Bonchev–Trinajstić information content (AvgIpc) is 2.51. The van der Waals surface area contributed by atoms with E-state index in [4.69, 9.17) is 10.00 Å². The number of nitrogens with one attached hydrogen (secondary N) is 1. The monoisotopic (exact) mass is 351 g/mol. The van der Waals surface area contributed by atoms with E-state index in [2.05, 4.69) is 5.32 Å². The average molecular weight is 351 g/mol. The molecule has 1 aromatic rings. The third kappa shape index (κ3) is 6.74. The number of carbonyl (C=O) groups excluding carboxylic acids is 1. The maximum absolute atomic E-state index is 11.5. The zero-order valence-corrected chi connectivity index (χ0v) is 14.2. The number of hydrogen-bond acceptors (Lipinski definition) is 7. The number of aliphatic hydroxyl groups is 2. The van der Waals surface area contributed by atoms with E-state index < -0.39 is 28.8 Å². The fraction of sp³-hybridized carbons (Fsp3) is 0.500. The Balaban J connectivity index is 2.69. The van der Waals surface area contributed by atoms with Crippen molar-refractivity contribution < 1.29 is 24.7 Å². The molecule has 9 nitrogen and oxygen atoms in total. The minimum Gasteiger partial charge on any atom is -0.444 e. The number of amides is 1. The molecule has 9 heteroatoms. The molecular weight excluding hydrogens is 330 g/mol. The molecule has 0 aromatic heterocycles. The normalized spacial score (nSPS) is 13.4. The Morgan fingerprint density at radius 2 is 2.04 bits per heavy atom. The molecule has 0 bridgehead atoms. The third-order valence-corrected chi connectivity index (χ3v) is 3.09. The number of nitriles is 1. The van der Waals surface area contributed by atoms with Crippen molar-refractivity contribution in [2.45, 2.75) is 45.0 Å². The van der Waals surface area contributed by atoms with Gasteiger partial charge in [0.25, 0.3) is 5.69 Å². The van der Waals surface area contributed by atoms with E-state index in [1.807, 2.05) is 0 Å². The summed E-state index contributed by atoms with van der Waals surface area (Å²) in [6, 6.07) is 5.20. The minimum atomic E-state index is -1.44. The van der Waals surface area contributed by atoms with Crippen molar-refractivity contribution in [2.75, 3.05) is 6.54 Å². The Bertz CT molecular complexity index is 677. The summed E-state index contributed by atoms with van der Waals surface area (Å²) in [6.45, 7) is 5.16. The lowest BCUT2D eigenvalue weighted by atomic mass is 9.99. The zero-order valence-electron chi connectivity index (χ0n) is 14.2. The molecule has 0 saturated carbocycles. The molecule has 1 aromatic carbocycles. The van der Waals surface area contributed by atoms with Gasteiger partial charge in [-0.15, -0.1) is 0 Å². The Morgan fingerprint density at radius 1 is 1.40 bits per heavy atom. The lowest BCUT2D eigenvalue weighted by Crippen LogP contribution is -2.34. The van der Waals surface area contributed by atoms with Gasteiger partial charge in [0.2, 0.25) is 0 Å². The predicted molar refractivity (Wildman–Crippen MR) is 87.6 cm³/mol. The standard InChI is InChI=1S/C16H21N3O6/c1-16(2,3)25-15(22)18-5-4-13(20)14(21)11-6-10(9-17)7-12(8-11)19(23)24/h6-8,13-14,20-21H,4-5H2,1-3H3,(H,18,22). The molecule has 0 heterocycles. The van der Waals surface area contributed by atoms with Gasteiger partial charge in [0.1, 0.15) is 11.7 Å². The smallest absolute Gasteiger partial charge is 0.407 e. The fourth-order valence-corrected chi connectivity index (χ4v) is 1.99. The SMILES string of the molecule is CC(C)(C)OC(=O)NCCC(O)C(O)c1cc(C#N)cc([N+](=O)[O-])c1. The van der Waals surface area contributed by atoms with Gasteiger partial charge in [-0.05, 0) is 38.8 Å². The number of nitro groups is 1. The molecule has 1 rings (SSSR count). The zero-order chi connectivity index (χ0) is 19.2. The van der Waals surface area contributed by atoms with Crippen LogP contribution in [0.1, 0.15) is 44.4 Å². The number of non-ortho nitro benzene ring substituents is 1. The van der Waals surface area contributed by atoms with Crippen molar-refractivity contribution in [3.63, 3.8) is 0 Å². The Morgan fingerprint density at radius 3 is 2.56 bits per heavy atom. The molecule has 25 heavy (non-hydrogen) atoms. The first kappa shape index (κ1) is 20.3. The summed E-state index contributed by atoms with van der Waals surface area (Å²) in [5.41, 5.74) is -0.955. The number of nitro benzene ring substituents is 1. The van der Waals surface area contributed by atoms with Gasteiger partial charge in [-0.3, -0.25) is 10.1 Å². The highest BCUT2D eigenvalue weighted by atomic mass is 16.6. The quantitative estimate of drug-likeness (QED) is 0.523. The van der Waals surface area contributed by atoms with Gasteiger partial charge in [0, 0.05) is 18.7 Å². The molecule has 136 valence electrons. The molecule has 1 amide bonds. The van der Waals surface area contributed by atoms with Crippen LogP contribution in [0.2, 0.25) is 0 Å². The lowest BCUT2D eigenvalue weighted by Gasteiger charge is -2.21. The number of benzene rings is 1. The van der Waals surface area contributed by atoms with Crippen LogP contribution in [0.15, 0.2) is 18.2 Å². The van der Waals surface area contributed by atoms with E-state index in [0.29, 0.717) is 0 Å². The molecule has 0 aliphatic rings. The highest BCUT2D eigenvalue weighted by Crippen LogP contribution is 2.25. The minimum absolute atomic E-state index is 0.00216. The number of ether oxygens (including phenoxy) is 1. The van der Waals surface area contributed by atoms with Crippen LogP contribution in [0, 0.1) is 21.4 Å². The topological polar surface area (TPSA) is 146 Å². The first-order chi connectivity index (χ1) is 11.5. The Labute approximate surface area is 145 Å². The van der Waals surface area contributed by atoms with Gasteiger partial charge in [-0.25, -0.2) is 4.79 Å². The first-order valence-electron chi connectivity index (χ1n) is 7.56. The van der Waals surface area contributed by atoms with E-state index in [-0.39, 0.29) is 29.8 Å². The summed E-state index contributed by atoms with van der Waals surface area (Å²) in [5, 5.41) is 42.4. The van der Waals surface area contributed by atoms with E-state index >= 15 is 0 Å². The summed E-state index contributed by atoms with van der Waals surface area (Å²) in [6.07, 6.45) is -3.39. The molecule has 0 radical (unpaired) electrons. The molecule has 0 saturated heterocycles.